The van der Waals surface area contributed by atoms with Crippen molar-refractivity contribution in [1.82, 2.24) is 10.2 Å². The maximum absolute atomic E-state index is 3.54. The summed E-state index contributed by atoms with van der Waals surface area (Å²) in [5.41, 5.74) is 1.43. The normalized spacial score (nSPS) is 16.7. The number of halogens is 2. The van der Waals surface area contributed by atoms with Gasteiger partial charge in [-0.15, -0.1) is 24.8 Å². The standard InChI is InChI=1S/C14H22N2.2ClH/c1-2-15-14-8-10-16(11-9-14)12-13-6-4-3-5-7-13;;/h3-7,14-15H,2,8-12H2,1H3;2*1H. The first kappa shape index (κ1) is 17.7. The van der Waals surface area contributed by atoms with Crippen molar-refractivity contribution in [2.45, 2.75) is 32.4 Å². The van der Waals surface area contributed by atoms with E-state index in [0.717, 1.165) is 19.1 Å². The van der Waals surface area contributed by atoms with Crippen molar-refractivity contribution in [3.05, 3.63) is 35.9 Å². The highest BCUT2D eigenvalue weighted by atomic mass is 35.5. The van der Waals surface area contributed by atoms with Crippen LogP contribution in [-0.4, -0.2) is 30.6 Å². The third-order valence-corrected chi connectivity index (χ3v) is 3.33. The summed E-state index contributed by atoms with van der Waals surface area (Å²) >= 11 is 0. The smallest absolute Gasteiger partial charge is 0.0233 e. The van der Waals surface area contributed by atoms with Gasteiger partial charge in [0.25, 0.3) is 0 Å². The molecule has 1 aliphatic rings. The summed E-state index contributed by atoms with van der Waals surface area (Å²) in [4.78, 5) is 2.56. The highest BCUT2D eigenvalue weighted by Gasteiger charge is 2.17. The lowest BCUT2D eigenvalue weighted by Gasteiger charge is -2.32. The van der Waals surface area contributed by atoms with Crippen LogP contribution < -0.4 is 5.32 Å². The van der Waals surface area contributed by atoms with Gasteiger partial charge in [0, 0.05) is 12.6 Å². The molecule has 0 unspecified atom stereocenters. The Bertz CT molecular complexity index is 298. The Kier molecular flexibility index (Phi) is 9.47. The van der Waals surface area contributed by atoms with E-state index >= 15 is 0 Å². The molecule has 1 aliphatic heterocycles. The van der Waals surface area contributed by atoms with Crippen LogP contribution in [0.1, 0.15) is 25.3 Å². The number of hydrogen-bond acceptors (Lipinski definition) is 2. The van der Waals surface area contributed by atoms with Gasteiger partial charge in [-0.3, -0.25) is 4.90 Å². The molecule has 0 amide bonds. The number of nitrogens with one attached hydrogen (secondary N) is 1. The molecule has 104 valence electrons. The summed E-state index contributed by atoms with van der Waals surface area (Å²) in [6.45, 7) is 6.86. The molecule has 1 fully saturated rings. The molecule has 0 radical (unpaired) electrons. The minimum absolute atomic E-state index is 0. The van der Waals surface area contributed by atoms with Crippen molar-refractivity contribution in [2.75, 3.05) is 19.6 Å². The molecule has 0 saturated carbocycles. The van der Waals surface area contributed by atoms with Gasteiger partial charge >= 0.3 is 0 Å². The monoisotopic (exact) mass is 290 g/mol. The lowest BCUT2D eigenvalue weighted by atomic mass is 10.0. The van der Waals surface area contributed by atoms with Gasteiger partial charge in [-0.05, 0) is 38.0 Å². The zero-order chi connectivity index (χ0) is 11.2. The van der Waals surface area contributed by atoms with Crippen LogP contribution >= 0.6 is 24.8 Å². The lowest BCUT2D eigenvalue weighted by Crippen LogP contribution is -2.42. The molecule has 1 heterocycles. The fourth-order valence-electron chi connectivity index (χ4n) is 2.43. The summed E-state index contributed by atoms with van der Waals surface area (Å²) in [5, 5.41) is 3.54. The average molecular weight is 291 g/mol. The third kappa shape index (κ3) is 5.57. The molecule has 0 aromatic heterocycles. The minimum Gasteiger partial charge on any atom is -0.314 e. The largest absolute Gasteiger partial charge is 0.314 e. The molecule has 18 heavy (non-hydrogen) atoms. The second kappa shape index (κ2) is 9.62. The molecule has 0 atom stereocenters. The Balaban J connectivity index is 0.00000144. The number of nitrogens with zero attached hydrogens (tertiary/aromatic N) is 1. The van der Waals surface area contributed by atoms with E-state index in [1.165, 1.54) is 31.5 Å². The van der Waals surface area contributed by atoms with Crippen LogP contribution in [0, 0.1) is 0 Å². The van der Waals surface area contributed by atoms with Crippen molar-refractivity contribution in [3.8, 4) is 0 Å². The van der Waals surface area contributed by atoms with Crippen LogP contribution in [0.15, 0.2) is 30.3 Å². The topological polar surface area (TPSA) is 15.3 Å². The van der Waals surface area contributed by atoms with Gasteiger partial charge in [0.1, 0.15) is 0 Å². The molecule has 2 rings (SSSR count). The van der Waals surface area contributed by atoms with Crippen molar-refractivity contribution in [1.29, 1.82) is 0 Å². The molecule has 2 nitrogen and oxygen atoms in total. The highest BCUT2D eigenvalue weighted by molar-refractivity contribution is 5.85. The van der Waals surface area contributed by atoms with Crippen molar-refractivity contribution in [3.63, 3.8) is 0 Å². The van der Waals surface area contributed by atoms with E-state index in [1.807, 2.05) is 0 Å². The second-order valence-electron chi connectivity index (χ2n) is 4.59. The summed E-state index contributed by atoms with van der Waals surface area (Å²) in [5.74, 6) is 0. The van der Waals surface area contributed by atoms with Crippen LogP contribution in [0.2, 0.25) is 0 Å². The first-order chi connectivity index (χ1) is 7.88. The van der Waals surface area contributed by atoms with Crippen LogP contribution in [0.25, 0.3) is 0 Å². The van der Waals surface area contributed by atoms with Crippen molar-refractivity contribution < 1.29 is 0 Å². The third-order valence-electron chi connectivity index (χ3n) is 3.33. The van der Waals surface area contributed by atoms with E-state index in [-0.39, 0.29) is 24.8 Å². The number of rotatable bonds is 4. The maximum Gasteiger partial charge on any atom is 0.0233 e. The molecule has 4 heteroatoms. The molecule has 1 aromatic rings. The van der Waals surface area contributed by atoms with E-state index in [9.17, 15) is 0 Å². The van der Waals surface area contributed by atoms with Crippen LogP contribution in [-0.2, 0) is 6.54 Å². The molecule has 1 saturated heterocycles. The predicted octanol–water partition coefficient (Wildman–Crippen LogP) is 3.10. The lowest BCUT2D eigenvalue weighted by molar-refractivity contribution is 0.192. The van der Waals surface area contributed by atoms with Gasteiger partial charge in [-0.25, -0.2) is 0 Å². The van der Waals surface area contributed by atoms with E-state index in [0.29, 0.717) is 0 Å². The van der Waals surface area contributed by atoms with E-state index < -0.39 is 0 Å². The summed E-state index contributed by atoms with van der Waals surface area (Å²) in [6.07, 6.45) is 2.58. The van der Waals surface area contributed by atoms with Gasteiger partial charge in [0.2, 0.25) is 0 Å². The molecule has 1 aromatic carbocycles. The van der Waals surface area contributed by atoms with Crippen LogP contribution in [0.3, 0.4) is 0 Å². The number of piperidine rings is 1. The number of likely N-dealkylation sites (tertiary alicyclic amines) is 1. The summed E-state index contributed by atoms with van der Waals surface area (Å²) in [6, 6.07) is 11.5. The quantitative estimate of drug-likeness (QED) is 0.917. The molecule has 0 spiro atoms. The SMILES string of the molecule is CCNC1CCN(Cc2ccccc2)CC1.Cl.Cl. The van der Waals surface area contributed by atoms with Crippen molar-refractivity contribution in [2.24, 2.45) is 0 Å². The maximum atomic E-state index is 3.54. The second-order valence-corrected chi connectivity index (χ2v) is 4.59. The van der Waals surface area contributed by atoms with Gasteiger partial charge in [0.05, 0.1) is 0 Å². The van der Waals surface area contributed by atoms with E-state index in [2.05, 4.69) is 47.5 Å². The van der Waals surface area contributed by atoms with Gasteiger partial charge in [-0.2, -0.15) is 0 Å². The van der Waals surface area contributed by atoms with Crippen LogP contribution in [0.5, 0.6) is 0 Å². The molecule has 1 N–H and O–H groups in total. The van der Waals surface area contributed by atoms with E-state index in [4.69, 9.17) is 0 Å². The Morgan fingerprint density at radius 3 is 2.28 bits per heavy atom. The first-order valence-corrected chi connectivity index (χ1v) is 6.38. The van der Waals surface area contributed by atoms with E-state index in [1.54, 1.807) is 0 Å². The number of hydrogen-bond donors (Lipinski definition) is 1. The Labute approximate surface area is 123 Å². The fraction of sp³-hybridized carbons (Fsp3) is 0.571. The summed E-state index contributed by atoms with van der Waals surface area (Å²) in [7, 11) is 0. The first-order valence-electron chi connectivity index (χ1n) is 6.38. The fourth-order valence-corrected chi connectivity index (χ4v) is 2.43. The Hall–Kier alpha value is -0.280. The van der Waals surface area contributed by atoms with Crippen LogP contribution in [0.4, 0.5) is 0 Å². The molecule has 0 bridgehead atoms. The number of benzene rings is 1. The average Bonchev–Trinajstić information content (AvgIpc) is 2.33. The predicted molar refractivity (Wildman–Crippen MR) is 82.9 cm³/mol. The molecule has 0 aliphatic carbocycles. The van der Waals surface area contributed by atoms with Gasteiger partial charge in [0.15, 0.2) is 0 Å². The van der Waals surface area contributed by atoms with Crippen molar-refractivity contribution >= 4 is 24.8 Å². The Morgan fingerprint density at radius 1 is 1.11 bits per heavy atom. The molecular weight excluding hydrogens is 267 g/mol. The molecular formula is C14H24Cl2N2. The zero-order valence-electron chi connectivity index (χ0n) is 11.0. The van der Waals surface area contributed by atoms with Gasteiger partial charge < -0.3 is 5.32 Å². The Morgan fingerprint density at radius 2 is 1.72 bits per heavy atom. The van der Waals surface area contributed by atoms with Gasteiger partial charge in [-0.1, -0.05) is 37.3 Å². The minimum atomic E-state index is 0. The zero-order valence-corrected chi connectivity index (χ0v) is 12.6. The summed E-state index contributed by atoms with van der Waals surface area (Å²) < 4.78 is 0. The highest BCUT2D eigenvalue weighted by Crippen LogP contribution is 2.13.